The summed E-state index contributed by atoms with van der Waals surface area (Å²) in [5.41, 5.74) is 2.40. The van der Waals surface area contributed by atoms with Crippen molar-refractivity contribution < 1.29 is 4.79 Å². The number of carbonyl (C=O) groups is 1. The lowest BCUT2D eigenvalue weighted by atomic mass is 9.72. The molecule has 6 heteroatoms. The highest BCUT2D eigenvalue weighted by molar-refractivity contribution is 7.18. The summed E-state index contributed by atoms with van der Waals surface area (Å²) in [5.74, 6) is 0.521. The molecule has 0 saturated carbocycles. The number of hydrogen-bond donors (Lipinski definition) is 0. The maximum atomic E-state index is 13.2. The molecule has 1 aliphatic rings. The van der Waals surface area contributed by atoms with Crippen molar-refractivity contribution in [1.82, 2.24) is 14.5 Å². The van der Waals surface area contributed by atoms with Crippen molar-refractivity contribution in [2.75, 3.05) is 7.05 Å². The second kappa shape index (κ2) is 7.99. The Hall–Kier alpha value is -2.47. The zero-order chi connectivity index (χ0) is 21.5. The Bertz CT molecular complexity index is 1130. The first-order valence-corrected chi connectivity index (χ1v) is 11.3. The topological polar surface area (TPSA) is 55.2 Å². The number of benzene rings is 1. The summed E-state index contributed by atoms with van der Waals surface area (Å²) in [4.78, 5) is 34.2. The third kappa shape index (κ3) is 4.06. The molecule has 0 bridgehead atoms. The molecule has 1 atom stereocenters. The molecular weight excluding hydrogens is 394 g/mol. The largest absolute Gasteiger partial charge is 0.340 e. The summed E-state index contributed by atoms with van der Waals surface area (Å²) in [6, 6.07) is 9.86. The number of likely N-dealkylation sites (N-methyl/N-ethyl adjacent to an activating group) is 1. The van der Waals surface area contributed by atoms with Gasteiger partial charge in [0.05, 0.1) is 11.7 Å². The molecule has 0 fully saturated rings. The second-order valence-electron chi connectivity index (χ2n) is 9.40. The van der Waals surface area contributed by atoms with Gasteiger partial charge in [-0.2, -0.15) is 0 Å². The van der Waals surface area contributed by atoms with Gasteiger partial charge < -0.3 is 4.90 Å². The number of hydrogen-bond acceptors (Lipinski definition) is 4. The molecule has 0 N–H and O–H groups in total. The highest BCUT2D eigenvalue weighted by Crippen LogP contribution is 2.41. The van der Waals surface area contributed by atoms with Gasteiger partial charge in [0.2, 0.25) is 5.91 Å². The van der Waals surface area contributed by atoms with Gasteiger partial charge in [-0.3, -0.25) is 14.2 Å². The van der Waals surface area contributed by atoms with Crippen LogP contribution in [0.15, 0.2) is 41.5 Å². The number of thiophene rings is 1. The van der Waals surface area contributed by atoms with Gasteiger partial charge in [0.1, 0.15) is 11.4 Å². The zero-order valence-corrected chi connectivity index (χ0v) is 19.0. The van der Waals surface area contributed by atoms with Crippen LogP contribution in [0.5, 0.6) is 0 Å². The van der Waals surface area contributed by atoms with E-state index in [1.165, 1.54) is 15.8 Å². The Morgan fingerprint density at radius 1 is 1.27 bits per heavy atom. The lowest BCUT2D eigenvalue weighted by Gasteiger charge is -2.33. The highest BCUT2D eigenvalue weighted by atomic mass is 32.1. The number of aromatic nitrogens is 2. The molecular formula is C24H29N3O2S. The fourth-order valence-corrected chi connectivity index (χ4v) is 5.52. The summed E-state index contributed by atoms with van der Waals surface area (Å²) in [7, 11) is 1.77. The molecule has 5 nitrogen and oxygen atoms in total. The molecule has 4 rings (SSSR count). The fraction of sp³-hybridized carbons (Fsp3) is 0.458. The molecule has 30 heavy (non-hydrogen) atoms. The number of nitrogens with zero attached hydrogens (tertiary/aromatic N) is 3. The Morgan fingerprint density at radius 3 is 2.70 bits per heavy atom. The Kier molecular flexibility index (Phi) is 5.53. The van der Waals surface area contributed by atoms with Crippen molar-refractivity contribution in [1.29, 1.82) is 0 Å². The summed E-state index contributed by atoms with van der Waals surface area (Å²) in [5, 5.41) is 0.725. The van der Waals surface area contributed by atoms with E-state index in [1.54, 1.807) is 23.3 Å². The van der Waals surface area contributed by atoms with E-state index in [1.807, 2.05) is 30.3 Å². The molecule has 158 valence electrons. The molecule has 1 amide bonds. The molecule has 2 heterocycles. The van der Waals surface area contributed by atoms with Gasteiger partial charge in [-0.25, -0.2) is 4.98 Å². The molecule has 0 aliphatic heterocycles. The molecule has 0 spiro atoms. The quantitative estimate of drug-likeness (QED) is 0.630. The van der Waals surface area contributed by atoms with Crippen molar-refractivity contribution in [3.05, 3.63) is 63.0 Å². The predicted molar refractivity (Wildman–Crippen MR) is 122 cm³/mol. The van der Waals surface area contributed by atoms with Gasteiger partial charge in [0.25, 0.3) is 5.56 Å². The molecule has 0 saturated heterocycles. The number of fused-ring (bicyclic) bond motifs is 3. The first-order chi connectivity index (χ1) is 14.2. The van der Waals surface area contributed by atoms with Gasteiger partial charge in [-0.15, -0.1) is 11.3 Å². The van der Waals surface area contributed by atoms with Crippen LogP contribution in [-0.2, 0) is 30.7 Å². The van der Waals surface area contributed by atoms with Crippen molar-refractivity contribution in [2.45, 2.75) is 53.1 Å². The van der Waals surface area contributed by atoms with E-state index in [0.29, 0.717) is 12.5 Å². The van der Waals surface area contributed by atoms with Crippen LogP contribution in [0.1, 0.15) is 43.2 Å². The van der Waals surface area contributed by atoms with Gasteiger partial charge in [0, 0.05) is 18.5 Å². The van der Waals surface area contributed by atoms with E-state index < -0.39 is 0 Å². The molecule has 0 unspecified atom stereocenters. The number of amides is 1. The lowest BCUT2D eigenvalue weighted by Crippen LogP contribution is -2.34. The Morgan fingerprint density at radius 2 is 2.00 bits per heavy atom. The van der Waals surface area contributed by atoms with Crippen LogP contribution in [-0.4, -0.2) is 27.4 Å². The van der Waals surface area contributed by atoms with Gasteiger partial charge >= 0.3 is 0 Å². The standard InChI is InChI=1S/C24H29N3O2S/c1-24(2,3)17-10-11-18-19(12-17)30-22-21(18)23(29)27(15-25-22)14-20(28)26(4)13-16-8-6-5-7-9-16/h5-9,15,17H,10-14H2,1-4H3/t17-/m1/s1. The number of aryl methyl sites for hydroxylation is 1. The van der Waals surface area contributed by atoms with E-state index in [4.69, 9.17) is 0 Å². The highest BCUT2D eigenvalue weighted by Gasteiger charge is 2.31. The van der Waals surface area contributed by atoms with E-state index >= 15 is 0 Å². The molecule has 2 aromatic heterocycles. The van der Waals surface area contributed by atoms with Crippen molar-refractivity contribution in [2.24, 2.45) is 11.3 Å². The van der Waals surface area contributed by atoms with E-state index in [0.717, 1.165) is 40.6 Å². The van der Waals surface area contributed by atoms with Crippen LogP contribution >= 0.6 is 11.3 Å². The van der Waals surface area contributed by atoms with Crippen LogP contribution < -0.4 is 5.56 Å². The summed E-state index contributed by atoms with van der Waals surface area (Å²) in [6.07, 6.45) is 4.55. The van der Waals surface area contributed by atoms with Crippen LogP contribution in [0.4, 0.5) is 0 Å². The predicted octanol–water partition coefficient (Wildman–Crippen LogP) is 4.27. The number of rotatable bonds is 4. The van der Waals surface area contributed by atoms with E-state index in [2.05, 4.69) is 25.8 Å². The minimum atomic E-state index is -0.0982. The Labute approximate surface area is 181 Å². The minimum Gasteiger partial charge on any atom is -0.340 e. The van der Waals surface area contributed by atoms with Crippen LogP contribution in [0, 0.1) is 11.3 Å². The summed E-state index contributed by atoms with van der Waals surface area (Å²) >= 11 is 1.65. The van der Waals surface area contributed by atoms with Crippen molar-refractivity contribution in [3.63, 3.8) is 0 Å². The number of carbonyl (C=O) groups excluding carboxylic acids is 1. The normalized spacial score (nSPS) is 16.5. The first-order valence-electron chi connectivity index (χ1n) is 10.5. The lowest BCUT2D eigenvalue weighted by molar-refractivity contribution is -0.131. The van der Waals surface area contributed by atoms with Crippen LogP contribution in [0.2, 0.25) is 0 Å². The van der Waals surface area contributed by atoms with Gasteiger partial charge in [-0.1, -0.05) is 51.1 Å². The molecule has 1 aliphatic carbocycles. The van der Waals surface area contributed by atoms with Crippen LogP contribution in [0.25, 0.3) is 10.2 Å². The maximum Gasteiger partial charge on any atom is 0.262 e. The third-order valence-electron chi connectivity index (χ3n) is 6.25. The molecule has 1 aromatic carbocycles. The monoisotopic (exact) mass is 423 g/mol. The maximum absolute atomic E-state index is 13.2. The van der Waals surface area contributed by atoms with Gasteiger partial charge in [0.15, 0.2) is 0 Å². The average Bonchev–Trinajstić information content (AvgIpc) is 3.08. The van der Waals surface area contributed by atoms with Gasteiger partial charge in [-0.05, 0) is 41.7 Å². The Balaban J connectivity index is 1.57. The van der Waals surface area contributed by atoms with Crippen molar-refractivity contribution >= 4 is 27.5 Å². The SMILES string of the molecule is CN(Cc1ccccc1)C(=O)Cn1cnc2sc3c(c2c1=O)CC[C@@H](C(C)(C)C)C3. The second-order valence-corrected chi connectivity index (χ2v) is 10.5. The minimum absolute atomic E-state index is 0.0142. The van der Waals surface area contributed by atoms with E-state index in [9.17, 15) is 9.59 Å². The van der Waals surface area contributed by atoms with Crippen LogP contribution in [0.3, 0.4) is 0 Å². The smallest absolute Gasteiger partial charge is 0.262 e. The average molecular weight is 424 g/mol. The van der Waals surface area contributed by atoms with E-state index in [-0.39, 0.29) is 23.4 Å². The zero-order valence-electron chi connectivity index (χ0n) is 18.1. The van der Waals surface area contributed by atoms with Crippen molar-refractivity contribution in [3.8, 4) is 0 Å². The molecule has 0 radical (unpaired) electrons. The first kappa shape index (κ1) is 20.8. The third-order valence-corrected chi connectivity index (χ3v) is 7.42. The summed E-state index contributed by atoms with van der Waals surface area (Å²) < 4.78 is 1.47. The fourth-order valence-electron chi connectivity index (χ4n) is 4.26. The molecule has 3 aromatic rings. The summed E-state index contributed by atoms with van der Waals surface area (Å²) in [6.45, 7) is 7.41.